The van der Waals surface area contributed by atoms with Gasteiger partial charge in [0, 0.05) is 12.6 Å². The molecule has 0 heterocycles. The highest BCUT2D eigenvalue weighted by molar-refractivity contribution is 5.69. The van der Waals surface area contributed by atoms with E-state index >= 15 is 0 Å². The number of alkyl carbamates (subject to hydrolysis) is 1. The van der Waals surface area contributed by atoms with E-state index in [2.05, 4.69) is 24.5 Å². The summed E-state index contributed by atoms with van der Waals surface area (Å²) in [5.74, 6) is 0. The van der Waals surface area contributed by atoms with E-state index in [1.165, 1.54) is 25.7 Å². The van der Waals surface area contributed by atoms with Gasteiger partial charge in [-0.2, -0.15) is 0 Å². The van der Waals surface area contributed by atoms with Crippen molar-refractivity contribution in [3.05, 3.63) is 0 Å². The Kier molecular flexibility index (Phi) is 6.98. The van der Waals surface area contributed by atoms with E-state index in [0.717, 1.165) is 25.8 Å². The Morgan fingerprint density at radius 3 is 2.38 bits per heavy atom. The molecule has 1 unspecified atom stereocenters. The molecule has 124 valence electrons. The second-order valence-electron chi connectivity index (χ2n) is 7.39. The molecule has 0 aromatic rings. The highest BCUT2D eigenvalue weighted by atomic mass is 16.6. The monoisotopic (exact) mass is 298 g/mol. The van der Waals surface area contributed by atoms with Crippen LogP contribution in [0.15, 0.2) is 0 Å². The van der Waals surface area contributed by atoms with Crippen molar-refractivity contribution in [3.8, 4) is 0 Å². The molecule has 0 spiro atoms. The number of carbonyl (C=O) groups is 1. The molecular formula is C17H34N2O2. The largest absolute Gasteiger partial charge is 0.444 e. The predicted octanol–water partition coefficient (Wildman–Crippen LogP) is 3.99. The van der Waals surface area contributed by atoms with Crippen LogP contribution in [0.3, 0.4) is 0 Å². The summed E-state index contributed by atoms with van der Waals surface area (Å²) >= 11 is 0. The molecule has 21 heavy (non-hydrogen) atoms. The Labute approximate surface area is 130 Å². The van der Waals surface area contributed by atoms with Crippen LogP contribution in [0.2, 0.25) is 0 Å². The molecule has 1 atom stereocenters. The van der Waals surface area contributed by atoms with Crippen LogP contribution in [-0.2, 0) is 4.74 Å². The van der Waals surface area contributed by atoms with Gasteiger partial charge in [-0.15, -0.1) is 0 Å². The van der Waals surface area contributed by atoms with E-state index in [1.54, 1.807) is 0 Å². The van der Waals surface area contributed by atoms with Gasteiger partial charge < -0.3 is 15.4 Å². The maximum atomic E-state index is 12.0. The molecule has 1 saturated carbocycles. The number of carbonyl (C=O) groups excluding carboxylic acids is 1. The molecule has 4 nitrogen and oxygen atoms in total. The van der Waals surface area contributed by atoms with Crippen LogP contribution in [0.4, 0.5) is 4.79 Å². The molecule has 0 aliphatic heterocycles. The molecule has 1 amide bonds. The third kappa shape index (κ3) is 6.68. The van der Waals surface area contributed by atoms with Crippen LogP contribution >= 0.6 is 0 Å². The van der Waals surface area contributed by atoms with Crippen molar-refractivity contribution in [1.82, 2.24) is 10.6 Å². The molecule has 0 aromatic heterocycles. The molecule has 0 saturated heterocycles. The summed E-state index contributed by atoms with van der Waals surface area (Å²) in [5, 5.41) is 6.74. The molecule has 2 N–H and O–H groups in total. The fourth-order valence-electron chi connectivity index (χ4n) is 2.71. The molecule has 0 radical (unpaired) electrons. The smallest absolute Gasteiger partial charge is 0.408 e. The molecule has 1 aliphatic rings. The molecule has 1 rings (SSSR count). The van der Waals surface area contributed by atoms with Crippen molar-refractivity contribution in [2.75, 3.05) is 6.54 Å². The van der Waals surface area contributed by atoms with Crippen LogP contribution in [0.5, 0.6) is 0 Å². The van der Waals surface area contributed by atoms with Crippen molar-refractivity contribution in [2.45, 2.75) is 96.7 Å². The van der Waals surface area contributed by atoms with E-state index in [4.69, 9.17) is 4.74 Å². The van der Waals surface area contributed by atoms with Crippen molar-refractivity contribution >= 4 is 6.09 Å². The zero-order chi connectivity index (χ0) is 15.9. The van der Waals surface area contributed by atoms with Crippen molar-refractivity contribution < 1.29 is 9.53 Å². The first-order valence-corrected chi connectivity index (χ1v) is 8.55. The lowest BCUT2D eigenvalue weighted by Crippen LogP contribution is -2.60. The maximum absolute atomic E-state index is 12.0. The lowest BCUT2D eigenvalue weighted by atomic mass is 9.76. The minimum absolute atomic E-state index is 0.0953. The van der Waals surface area contributed by atoms with Gasteiger partial charge >= 0.3 is 6.09 Å². The highest BCUT2D eigenvalue weighted by Gasteiger charge is 2.39. The van der Waals surface area contributed by atoms with Gasteiger partial charge in [0.15, 0.2) is 0 Å². The summed E-state index contributed by atoms with van der Waals surface area (Å²) in [6.45, 7) is 11.0. The first-order valence-electron chi connectivity index (χ1n) is 8.55. The van der Waals surface area contributed by atoms with Gasteiger partial charge in [-0.3, -0.25) is 0 Å². The molecule has 0 bridgehead atoms. The fraction of sp³-hybridized carbons (Fsp3) is 0.941. The molecule has 4 heteroatoms. The lowest BCUT2D eigenvalue weighted by molar-refractivity contribution is 0.0378. The van der Waals surface area contributed by atoms with E-state index < -0.39 is 5.60 Å². The standard InChI is InChI=1S/C17H34N2O2/c1-6-8-10-14(7-2)18-13-17(11-9-12-17)19-15(20)21-16(3,4)5/h14,18H,6-13H2,1-5H3,(H,19,20). The Hall–Kier alpha value is -0.770. The van der Waals surface area contributed by atoms with Gasteiger partial charge in [-0.1, -0.05) is 26.7 Å². The normalized spacial score (nSPS) is 18.7. The SMILES string of the molecule is CCCCC(CC)NCC1(NC(=O)OC(C)(C)C)CCC1. The number of hydrogen-bond acceptors (Lipinski definition) is 3. The lowest BCUT2D eigenvalue weighted by Gasteiger charge is -2.43. The minimum Gasteiger partial charge on any atom is -0.444 e. The zero-order valence-electron chi connectivity index (χ0n) is 14.6. The summed E-state index contributed by atoms with van der Waals surface area (Å²) in [4.78, 5) is 12.0. The number of nitrogens with one attached hydrogen (secondary N) is 2. The van der Waals surface area contributed by atoms with Crippen LogP contribution < -0.4 is 10.6 Å². The molecular weight excluding hydrogens is 264 g/mol. The maximum Gasteiger partial charge on any atom is 0.408 e. The van der Waals surface area contributed by atoms with Gasteiger partial charge in [-0.25, -0.2) is 4.79 Å². The van der Waals surface area contributed by atoms with Gasteiger partial charge in [0.05, 0.1) is 5.54 Å². The van der Waals surface area contributed by atoms with Gasteiger partial charge in [0.25, 0.3) is 0 Å². The third-order valence-corrected chi connectivity index (χ3v) is 4.20. The van der Waals surface area contributed by atoms with Crippen LogP contribution in [-0.4, -0.2) is 29.8 Å². The third-order valence-electron chi connectivity index (χ3n) is 4.20. The van der Waals surface area contributed by atoms with E-state index in [0.29, 0.717) is 6.04 Å². The van der Waals surface area contributed by atoms with Crippen molar-refractivity contribution in [1.29, 1.82) is 0 Å². The Balaban J connectivity index is 2.43. The molecule has 1 fully saturated rings. The first kappa shape index (κ1) is 18.3. The number of amides is 1. The van der Waals surface area contributed by atoms with E-state index in [9.17, 15) is 4.79 Å². The number of rotatable bonds is 8. The van der Waals surface area contributed by atoms with Gasteiger partial charge in [-0.05, 0) is 52.9 Å². The summed E-state index contributed by atoms with van der Waals surface area (Å²) in [7, 11) is 0. The Morgan fingerprint density at radius 2 is 1.95 bits per heavy atom. The second-order valence-corrected chi connectivity index (χ2v) is 7.39. The number of hydrogen-bond donors (Lipinski definition) is 2. The van der Waals surface area contributed by atoms with Crippen molar-refractivity contribution in [3.63, 3.8) is 0 Å². The van der Waals surface area contributed by atoms with Gasteiger partial charge in [0.2, 0.25) is 0 Å². The quantitative estimate of drug-likeness (QED) is 0.712. The number of unbranched alkanes of at least 4 members (excludes halogenated alkanes) is 1. The molecule has 1 aliphatic carbocycles. The van der Waals surface area contributed by atoms with Crippen molar-refractivity contribution in [2.24, 2.45) is 0 Å². The highest BCUT2D eigenvalue weighted by Crippen LogP contribution is 2.31. The topological polar surface area (TPSA) is 50.4 Å². The number of ether oxygens (including phenoxy) is 1. The summed E-state index contributed by atoms with van der Waals surface area (Å²) in [6.07, 6.45) is 7.84. The van der Waals surface area contributed by atoms with Crippen LogP contribution in [0, 0.1) is 0 Å². The van der Waals surface area contributed by atoms with Crippen LogP contribution in [0.25, 0.3) is 0 Å². The second kappa shape index (κ2) is 8.02. The minimum atomic E-state index is -0.435. The molecule has 0 aromatic carbocycles. The summed E-state index contributed by atoms with van der Waals surface area (Å²) in [6, 6.07) is 0.558. The van der Waals surface area contributed by atoms with Gasteiger partial charge in [0.1, 0.15) is 5.60 Å². The fourth-order valence-corrected chi connectivity index (χ4v) is 2.71. The average molecular weight is 298 g/mol. The van der Waals surface area contributed by atoms with E-state index in [-0.39, 0.29) is 11.6 Å². The Morgan fingerprint density at radius 1 is 1.29 bits per heavy atom. The summed E-state index contributed by atoms with van der Waals surface area (Å²) in [5.41, 5.74) is -0.530. The average Bonchev–Trinajstić information content (AvgIpc) is 2.33. The first-order chi connectivity index (χ1) is 9.80. The zero-order valence-corrected chi connectivity index (χ0v) is 14.6. The van der Waals surface area contributed by atoms with E-state index in [1.807, 2.05) is 20.8 Å². The van der Waals surface area contributed by atoms with Crippen LogP contribution in [0.1, 0.15) is 79.6 Å². The predicted molar refractivity (Wildman–Crippen MR) is 87.6 cm³/mol. The summed E-state index contributed by atoms with van der Waals surface area (Å²) < 4.78 is 5.39. The Bertz CT molecular complexity index is 319.